The first kappa shape index (κ1) is 25.5. The number of carbonyl (C=O) groups excluding carboxylic acids is 3. The zero-order valence-electron chi connectivity index (χ0n) is 18.0. The van der Waals surface area contributed by atoms with Crippen molar-refractivity contribution in [3.8, 4) is 0 Å². The zero-order valence-corrected chi connectivity index (χ0v) is 18.0. The number of benzene rings is 1. The van der Waals surface area contributed by atoms with Crippen LogP contribution in [0.5, 0.6) is 0 Å². The van der Waals surface area contributed by atoms with E-state index in [-0.39, 0.29) is 12.8 Å². The fourth-order valence-corrected chi connectivity index (χ4v) is 2.97. The number of carboxylic acids is 1. The Morgan fingerprint density at radius 3 is 2.36 bits per heavy atom. The molecule has 0 saturated heterocycles. The van der Waals surface area contributed by atoms with E-state index in [0.717, 1.165) is 0 Å². The van der Waals surface area contributed by atoms with E-state index in [4.69, 9.17) is 5.73 Å². The molecule has 8 N–H and O–H groups in total. The zero-order chi connectivity index (χ0) is 24.4. The Kier molecular flexibility index (Phi) is 9.51. The van der Waals surface area contributed by atoms with Crippen LogP contribution in [-0.4, -0.2) is 74.6 Å². The SMILES string of the molecule is CC(O)C(NC(=O)C(Cc1ccccc1)NC(=O)CNC(=O)C(N)Cc1cnc[nH]1)C(=O)O. The summed E-state index contributed by atoms with van der Waals surface area (Å²) in [5.74, 6) is -3.44. The molecule has 2 aromatic rings. The highest BCUT2D eigenvalue weighted by Gasteiger charge is 2.29. The summed E-state index contributed by atoms with van der Waals surface area (Å²) in [5.41, 5.74) is 7.20. The molecule has 4 unspecified atom stereocenters. The molecular weight excluding hydrogens is 432 g/mol. The van der Waals surface area contributed by atoms with Crippen LogP contribution in [0.25, 0.3) is 0 Å². The second-order valence-corrected chi connectivity index (χ2v) is 7.48. The highest BCUT2D eigenvalue weighted by molar-refractivity contribution is 5.92. The highest BCUT2D eigenvalue weighted by atomic mass is 16.4. The number of nitrogens with two attached hydrogens (primary N) is 1. The predicted octanol–water partition coefficient (Wildman–Crippen LogP) is -1.93. The summed E-state index contributed by atoms with van der Waals surface area (Å²) in [4.78, 5) is 55.3. The van der Waals surface area contributed by atoms with Gasteiger partial charge >= 0.3 is 5.97 Å². The van der Waals surface area contributed by atoms with E-state index in [1.807, 2.05) is 0 Å². The van der Waals surface area contributed by atoms with Crippen LogP contribution in [0.2, 0.25) is 0 Å². The fraction of sp³-hybridized carbons (Fsp3) is 0.381. The van der Waals surface area contributed by atoms with Crippen LogP contribution in [-0.2, 0) is 32.0 Å². The van der Waals surface area contributed by atoms with E-state index < -0.39 is 54.5 Å². The fourth-order valence-electron chi connectivity index (χ4n) is 2.97. The minimum atomic E-state index is -1.55. The molecule has 0 aliphatic carbocycles. The number of rotatable bonds is 12. The standard InChI is InChI=1S/C21H28N6O6/c1-12(28)18(21(32)33)27-20(31)16(7-13-5-3-2-4-6-13)26-17(29)10-24-19(30)15(22)8-14-9-23-11-25-14/h2-6,9,11-12,15-16,18,28H,7-8,10,22H2,1H3,(H,23,25)(H,24,30)(H,26,29)(H,27,31)(H,32,33). The number of aliphatic hydroxyl groups is 1. The van der Waals surface area contributed by atoms with Crippen molar-refractivity contribution in [3.63, 3.8) is 0 Å². The van der Waals surface area contributed by atoms with Gasteiger partial charge in [-0.2, -0.15) is 0 Å². The second kappa shape index (κ2) is 12.3. The number of aliphatic hydroxyl groups excluding tert-OH is 1. The third-order valence-corrected chi connectivity index (χ3v) is 4.74. The Bertz CT molecular complexity index is 934. The number of H-pyrrole nitrogens is 1. The summed E-state index contributed by atoms with van der Waals surface area (Å²) in [5, 5.41) is 26.0. The largest absolute Gasteiger partial charge is 0.480 e. The topological polar surface area (TPSA) is 200 Å². The van der Waals surface area contributed by atoms with E-state index in [9.17, 15) is 29.4 Å². The van der Waals surface area contributed by atoms with E-state index >= 15 is 0 Å². The van der Waals surface area contributed by atoms with Gasteiger partial charge in [-0.25, -0.2) is 9.78 Å². The number of aromatic nitrogens is 2. The molecule has 0 aliphatic rings. The molecule has 0 fully saturated rings. The summed E-state index contributed by atoms with van der Waals surface area (Å²) in [6, 6.07) is 5.17. The first-order chi connectivity index (χ1) is 15.7. The van der Waals surface area contributed by atoms with Crippen LogP contribution in [0, 0.1) is 0 Å². The van der Waals surface area contributed by atoms with Gasteiger partial charge in [0.1, 0.15) is 6.04 Å². The van der Waals surface area contributed by atoms with E-state index in [0.29, 0.717) is 11.3 Å². The molecule has 1 aromatic carbocycles. The summed E-state index contributed by atoms with van der Waals surface area (Å²) in [7, 11) is 0. The minimum Gasteiger partial charge on any atom is -0.480 e. The average molecular weight is 460 g/mol. The van der Waals surface area contributed by atoms with Crippen molar-refractivity contribution in [2.75, 3.05) is 6.54 Å². The Morgan fingerprint density at radius 2 is 1.79 bits per heavy atom. The average Bonchev–Trinajstić information content (AvgIpc) is 3.28. The number of aromatic amines is 1. The second-order valence-electron chi connectivity index (χ2n) is 7.48. The molecule has 12 nitrogen and oxygen atoms in total. The maximum absolute atomic E-state index is 12.7. The summed E-state index contributed by atoms with van der Waals surface area (Å²) in [6.07, 6.45) is 1.90. The van der Waals surface area contributed by atoms with Crippen molar-refractivity contribution in [3.05, 3.63) is 54.1 Å². The van der Waals surface area contributed by atoms with Gasteiger partial charge in [-0.05, 0) is 12.5 Å². The molecule has 0 bridgehead atoms. The minimum absolute atomic E-state index is 0.0673. The van der Waals surface area contributed by atoms with Crippen molar-refractivity contribution in [1.29, 1.82) is 0 Å². The predicted molar refractivity (Wildman–Crippen MR) is 117 cm³/mol. The number of nitrogens with one attached hydrogen (secondary N) is 4. The van der Waals surface area contributed by atoms with E-state index in [1.165, 1.54) is 19.4 Å². The molecule has 1 aromatic heterocycles. The highest BCUT2D eigenvalue weighted by Crippen LogP contribution is 2.05. The molecule has 0 radical (unpaired) electrons. The summed E-state index contributed by atoms with van der Waals surface area (Å²) < 4.78 is 0. The van der Waals surface area contributed by atoms with Gasteiger partial charge in [0.05, 0.1) is 25.0 Å². The number of aliphatic carboxylic acids is 1. The lowest BCUT2D eigenvalue weighted by Gasteiger charge is -2.23. The molecule has 33 heavy (non-hydrogen) atoms. The van der Waals surface area contributed by atoms with Gasteiger partial charge in [0.25, 0.3) is 0 Å². The first-order valence-electron chi connectivity index (χ1n) is 10.2. The normalized spacial score (nSPS) is 14.4. The quantitative estimate of drug-likeness (QED) is 0.190. The molecule has 0 aliphatic heterocycles. The molecule has 1 heterocycles. The molecule has 178 valence electrons. The Morgan fingerprint density at radius 1 is 1.09 bits per heavy atom. The summed E-state index contributed by atoms with van der Waals surface area (Å²) in [6.45, 7) is 0.790. The Hall–Kier alpha value is -3.77. The number of nitrogens with zero attached hydrogens (tertiary/aromatic N) is 1. The molecule has 4 atom stereocenters. The molecule has 12 heteroatoms. The van der Waals surface area contributed by atoms with E-state index in [1.54, 1.807) is 30.3 Å². The number of hydrogen-bond acceptors (Lipinski definition) is 7. The van der Waals surface area contributed by atoms with Crippen LogP contribution in [0.15, 0.2) is 42.9 Å². The molecule has 0 saturated carbocycles. The third-order valence-electron chi connectivity index (χ3n) is 4.74. The van der Waals surface area contributed by atoms with Crippen molar-refractivity contribution < 1.29 is 29.4 Å². The van der Waals surface area contributed by atoms with Crippen molar-refractivity contribution >= 4 is 23.7 Å². The lowest BCUT2D eigenvalue weighted by molar-refractivity contribution is -0.145. The van der Waals surface area contributed by atoms with Crippen LogP contribution in [0.3, 0.4) is 0 Å². The molecule has 2 rings (SSSR count). The Balaban J connectivity index is 1.99. The van der Waals surface area contributed by atoms with Crippen molar-refractivity contribution in [2.45, 2.75) is 44.0 Å². The smallest absolute Gasteiger partial charge is 0.328 e. The van der Waals surface area contributed by atoms with E-state index in [2.05, 4.69) is 25.9 Å². The van der Waals surface area contributed by atoms with Crippen LogP contribution < -0.4 is 21.7 Å². The van der Waals surface area contributed by atoms with Crippen LogP contribution >= 0.6 is 0 Å². The van der Waals surface area contributed by atoms with Crippen LogP contribution in [0.1, 0.15) is 18.2 Å². The lowest BCUT2D eigenvalue weighted by atomic mass is 10.0. The van der Waals surface area contributed by atoms with Gasteiger partial charge in [-0.3, -0.25) is 14.4 Å². The van der Waals surface area contributed by atoms with Gasteiger partial charge in [-0.15, -0.1) is 0 Å². The van der Waals surface area contributed by atoms with Crippen molar-refractivity contribution in [2.24, 2.45) is 5.73 Å². The van der Waals surface area contributed by atoms with Crippen LogP contribution in [0.4, 0.5) is 0 Å². The summed E-state index contributed by atoms with van der Waals surface area (Å²) >= 11 is 0. The molecule has 3 amide bonds. The van der Waals surface area contributed by atoms with Gasteiger partial charge in [-0.1, -0.05) is 30.3 Å². The maximum atomic E-state index is 12.7. The first-order valence-corrected chi connectivity index (χ1v) is 10.2. The number of carbonyl (C=O) groups is 4. The maximum Gasteiger partial charge on any atom is 0.328 e. The monoisotopic (exact) mass is 460 g/mol. The molecular formula is C21H28N6O6. The Labute approximate surface area is 190 Å². The van der Waals surface area contributed by atoms with Gasteiger partial charge in [0.2, 0.25) is 17.7 Å². The number of amides is 3. The lowest BCUT2D eigenvalue weighted by Crippen LogP contribution is -2.56. The van der Waals surface area contributed by atoms with Gasteiger partial charge < -0.3 is 36.9 Å². The number of carboxylic acid groups (broad SMARTS) is 1. The van der Waals surface area contributed by atoms with Gasteiger partial charge in [0, 0.05) is 24.7 Å². The van der Waals surface area contributed by atoms with Gasteiger partial charge in [0.15, 0.2) is 6.04 Å². The van der Waals surface area contributed by atoms with Crippen molar-refractivity contribution in [1.82, 2.24) is 25.9 Å². The third kappa shape index (κ3) is 8.35. The molecule has 0 spiro atoms. The number of imidazole rings is 1. The number of hydrogen-bond donors (Lipinski definition) is 7.